The Morgan fingerprint density at radius 2 is 2.19 bits per heavy atom. The van der Waals surface area contributed by atoms with Gasteiger partial charge in [0.25, 0.3) is 5.56 Å². The minimum Gasteiger partial charge on any atom is -0.315 e. The van der Waals surface area contributed by atoms with Gasteiger partial charge in [-0.1, -0.05) is 33.3 Å². The van der Waals surface area contributed by atoms with E-state index >= 15 is 0 Å². The molecule has 1 rings (SSSR count). The summed E-state index contributed by atoms with van der Waals surface area (Å²) in [7, 11) is 0. The Balaban J connectivity index is 2.74. The van der Waals surface area contributed by atoms with Crippen LogP contribution in [0.25, 0.3) is 0 Å². The van der Waals surface area contributed by atoms with Crippen molar-refractivity contribution in [1.82, 2.24) is 9.88 Å². The Labute approximate surface area is 97.5 Å². The molecule has 1 aromatic rings. The van der Waals surface area contributed by atoms with E-state index in [9.17, 15) is 4.79 Å². The number of rotatable bonds is 6. The highest BCUT2D eigenvalue weighted by molar-refractivity contribution is 5.10. The molecule has 3 nitrogen and oxygen atoms in total. The van der Waals surface area contributed by atoms with Crippen LogP contribution in [0.3, 0.4) is 0 Å². The summed E-state index contributed by atoms with van der Waals surface area (Å²) in [5.74, 6) is 0. The first kappa shape index (κ1) is 13.0. The van der Waals surface area contributed by atoms with Crippen molar-refractivity contribution < 1.29 is 0 Å². The second-order valence-electron chi connectivity index (χ2n) is 4.42. The van der Waals surface area contributed by atoms with Crippen LogP contribution in [0.1, 0.15) is 39.2 Å². The van der Waals surface area contributed by atoms with Crippen LogP contribution in [0.5, 0.6) is 0 Å². The average molecular weight is 222 g/mol. The van der Waals surface area contributed by atoms with Crippen molar-refractivity contribution in [3.05, 3.63) is 34.2 Å². The summed E-state index contributed by atoms with van der Waals surface area (Å²) in [6.45, 7) is 7.78. The lowest BCUT2D eigenvalue weighted by Gasteiger charge is -2.10. The maximum Gasteiger partial charge on any atom is 0.255 e. The molecule has 90 valence electrons. The molecule has 3 heteroatoms. The van der Waals surface area contributed by atoms with Crippen molar-refractivity contribution in [3.8, 4) is 0 Å². The van der Waals surface area contributed by atoms with E-state index < -0.39 is 0 Å². The summed E-state index contributed by atoms with van der Waals surface area (Å²) in [6.07, 6.45) is 4.04. The number of nitrogens with zero attached hydrogens (tertiary/aromatic N) is 1. The first-order valence-electron chi connectivity index (χ1n) is 6.07. The summed E-state index contributed by atoms with van der Waals surface area (Å²) < 4.78 is 1.81. The Morgan fingerprint density at radius 3 is 2.81 bits per heavy atom. The molecule has 0 bridgehead atoms. The Hall–Kier alpha value is -1.09. The maximum absolute atomic E-state index is 12.0. The molecule has 0 saturated carbocycles. The minimum atomic E-state index is 0.143. The quantitative estimate of drug-likeness (QED) is 0.800. The third-order valence-corrected chi connectivity index (χ3v) is 2.55. The Kier molecular flexibility index (Phi) is 5.26. The number of aromatic nitrogens is 1. The third kappa shape index (κ3) is 3.81. The molecule has 16 heavy (non-hydrogen) atoms. The fourth-order valence-electron chi connectivity index (χ4n) is 1.54. The van der Waals surface area contributed by atoms with Gasteiger partial charge in [0.1, 0.15) is 0 Å². The molecule has 1 aromatic heterocycles. The zero-order chi connectivity index (χ0) is 12.0. The standard InChI is InChI=1S/C13H22N2O/c1-4-5-8-15-9-6-7-12(13(15)16)10-14-11(2)3/h6-7,9,11,14H,4-5,8,10H2,1-3H3. The van der Waals surface area contributed by atoms with E-state index in [4.69, 9.17) is 0 Å². The molecule has 0 atom stereocenters. The molecule has 1 heterocycles. The lowest BCUT2D eigenvalue weighted by Crippen LogP contribution is -2.29. The number of hydrogen-bond acceptors (Lipinski definition) is 2. The van der Waals surface area contributed by atoms with Gasteiger partial charge in [0.2, 0.25) is 0 Å². The predicted molar refractivity (Wildman–Crippen MR) is 67.6 cm³/mol. The van der Waals surface area contributed by atoms with Crippen molar-refractivity contribution in [1.29, 1.82) is 0 Å². The maximum atomic E-state index is 12.0. The number of nitrogens with one attached hydrogen (secondary N) is 1. The number of hydrogen-bond donors (Lipinski definition) is 1. The normalized spacial score (nSPS) is 11.0. The fourth-order valence-corrected chi connectivity index (χ4v) is 1.54. The second-order valence-corrected chi connectivity index (χ2v) is 4.42. The molecule has 0 spiro atoms. The van der Waals surface area contributed by atoms with Crippen LogP contribution in [0.2, 0.25) is 0 Å². The lowest BCUT2D eigenvalue weighted by atomic mass is 10.2. The molecule has 0 amide bonds. The third-order valence-electron chi connectivity index (χ3n) is 2.55. The van der Waals surface area contributed by atoms with Gasteiger partial charge < -0.3 is 9.88 Å². The topological polar surface area (TPSA) is 34.0 Å². The van der Waals surface area contributed by atoms with Gasteiger partial charge in [0.15, 0.2) is 0 Å². The molecular formula is C13H22N2O. The summed E-state index contributed by atoms with van der Waals surface area (Å²) in [5, 5.41) is 3.27. The van der Waals surface area contributed by atoms with Crippen molar-refractivity contribution in [2.24, 2.45) is 0 Å². The van der Waals surface area contributed by atoms with Crippen LogP contribution in [0, 0.1) is 0 Å². The summed E-state index contributed by atoms with van der Waals surface area (Å²) in [4.78, 5) is 12.0. The van der Waals surface area contributed by atoms with Crippen LogP contribution in [0.4, 0.5) is 0 Å². The molecular weight excluding hydrogens is 200 g/mol. The highest BCUT2D eigenvalue weighted by Crippen LogP contribution is 1.96. The van der Waals surface area contributed by atoms with Crippen LogP contribution in [0.15, 0.2) is 23.1 Å². The highest BCUT2D eigenvalue weighted by atomic mass is 16.1. The largest absolute Gasteiger partial charge is 0.315 e. The first-order chi connectivity index (χ1) is 7.65. The van der Waals surface area contributed by atoms with Crippen LogP contribution < -0.4 is 10.9 Å². The SMILES string of the molecule is CCCCn1cccc(CNC(C)C)c1=O. The summed E-state index contributed by atoms with van der Waals surface area (Å²) >= 11 is 0. The van der Waals surface area contributed by atoms with E-state index in [0.29, 0.717) is 12.6 Å². The van der Waals surface area contributed by atoms with Gasteiger partial charge in [0.05, 0.1) is 0 Å². The van der Waals surface area contributed by atoms with Gasteiger partial charge in [-0.2, -0.15) is 0 Å². The number of unbranched alkanes of at least 4 members (excludes halogenated alkanes) is 1. The Morgan fingerprint density at radius 1 is 1.44 bits per heavy atom. The molecule has 0 unspecified atom stereocenters. The predicted octanol–water partition coefficient (Wildman–Crippen LogP) is 2.15. The lowest BCUT2D eigenvalue weighted by molar-refractivity contribution is 0.569. The molecule has 0 radical (unpaired) electrons. The smallest absolute Gasteiger partial charge is 0.255 e. The molecule has 0 saturated heterocycles. The molecule has 1 N–H and O–H groups in total. The fraction of sp³-hybridized carbons (Fsp3) is 0.615. The van der Waals surface area contributed by atoms with Crippen molar-refractivity contribution in [2.75, 3.05) is 0 Å². The van der Waals surface area contributed by atoms with Gasteiger partial charge in [-0.05, 0) is 12.5 Å². The van der Waals surface area contributed by atoms with Gasteiger partial charge in [-0.3, -0.25) is 4.79 Å². The highest BCUT2D eigenvalue weighted by Gasteiger charge is 2.03. The molecule has 0 aliphatic heterocycles. The van der Waals surface area contributed by atoms with Crippen molar-refractivity contribution in [2.45, 2.75) is 52.7 Å². The number of pyridine rings is 1. The minimum absolute atomic E-state index is 0.143. The van der Waals surface area contributed by atoms with Gasteiger partial charge in [0, 0.05) is 30.9 Å². The zero-order valence-corrected chi connectivity index (χ0v) is 10.5. The van der Waals surface area contributed by atoms with E-state index in [2.05, 4.69) is 26.1 Å². The van der Waals surface area contributed by atoms with E-state index in [1.165, 1.54) is 0 Å². The van der Waals surface area contributed by atoms with Crippen LogP contribution in [-0.2, 0) is 13.1 Å². The first-order valence-corrected chi connectivity index (χ1v) is 6.07. The van der Waals surface area contributed by atoms with E-state index in [1.54, 1.807) is 4.57 Å². The van der Waals surface area contributed by atoms with Crippen LogP contribution in [-0.4, -0.2) is 10.6 Å². The van der Waals surface area contributed by atoms with E-state index in [0.717, 1.165) is 24.9 Å². The average Bonchev–Trinajstić information content (AvgIpc) is 2.26. The van der Waals surface area contributed by atoms with Crippen molar-refractivity contribution in [3.63, 3.8) is 0 Å². The molecule has 0 aliphatic rings. The van der Waals surface area contributed by atoms with Gasteiger partial charge in [-0.25, -0.2) is 0 Å². The summed E-state index contributed by atoms with van der Waals surface area (Å²) in [5.41, 5.74) is 0.997. The monoisotopic (exact) mass is 222 g/mol. The molecule has 0 aliphatic carbocycles. The second kappa shape index (κ2) is 6.48. The van der Waals surface area contributed by atoms with Gasteiger partial charge >= 0.3 is 0 Å². The number of aryl methyl sites for hydroxylation is 1. The van der Waals surface area contributed by atoms with Crippen molar-refractivity contribution >= 4 is 0 Å². The van der Waals surface area contributed by atoms with E-state index in [1.807, 2.05) is 18.3 Å². The van der Waals surface area contributed by atoms with E-state index in [-0.39, 0.29) is 5.56 Å². The van der Waals surface area contributed by atoms with Crippen LogP contribution >= 0.6 is 0 Å². The molecule has 0 fully saturated rings. The zero-order valence-electron chi connectivity index (χ0n) is 10.5. The molecule has 0 aromatic carbocycles. The summed E-state index contributed by atoms with van der Waals surface area (Å²) in [6, 6.07) is 4.26. The Bertz CT molecular complexity index is 368. The van der Waals surface area contributed by atoms with Gasteiger partial charge in [-0.15, -0.1) is 0 Å².